The van der Waals surface area contributed by atoms with Crippen LogP contribution in [0.5, 0.6) is 5.75 Å². The van der Waals surface area contributed by atoms with Gasteiger partial charge >= 0.3 is 0 Å². The van der Waals surface area contributed by atoms with Crippen molar-refractivity contribution >= 4 is 39.3 Å². The lowest BCUT2D eigenvalue weighted by atomic mass is 10.1. The maximum Gasteiger partial charge on any atom is 0.137 e. The molecule has 0 heterocycles. The Labute approximate surface area is 136 Å². The molecule has 1 unspecified atom stereocenters. The highest BCUT2D eigenvalue weighted by Crippen LogP contribution is 2.32. The van der Waals surface area contributed by atoms with Crippen LogP contribution in [-0.2, 0) is 0 Å². The van der Waals surface area contributed by atoms with Gasteiger partial charge in [-0.3, -0.25) is 0 Å². The fourth-order valence-corrected chi connectivity index (χ4v) is 3.50. The van der Waals surface area contributed by atoms with Crippen molar-refractivity contribution in [2.24, 2.45) is 5.73 Å². The van der Waals surface area contributed by atoms with Crippen molar-refractivity contribution in [3.8, 4) is 5.75 Å². The zero-order valence-corrected chi connectivity index (χ0v) is 14.1. The summed E-state index contributed by atoms with van der Waals surface area (Å²) in [6.07, 6.45) is 0. The molecule has 1 atom stereocenters. The summed E-state index contributed by atoms with van der Waals surface area (Å²) in [5.41, 5.74) is 7.25. The van der Waals surface area contributed by atoms with Gasteiger partial charge in [-0.25, -0.2) is 0 Å². The van der Waals surface area contributed by atoms with Gasteiger partial charge in [-0.2, -0.15) is 0 Å². The smallest absolute Gasteiger partial charge is 0.137 e. The molecule has 0 saturated carbocycles. The Balaban J connectivity index is 2.05. The Kier molecular flexibility index (Phi) is 5.78. The van der Waals surface area contributed by atoms with Crippen molar-refractivity contribution in [2.75, 3.05) is 12.9 Å². The van der Waals surface area contributed by atoms with Crippen LogP contribution >= 0.6 is 39.3 Å². The van der Waals surface area contributed by atoms with Gasteiger partial charge in [0.25, 0.3) is 0 Å². The van der Waals surface area contributed by atoms with Gasteiger partial charge in [-0.1, -0.05) is 29.8 Å². The summed E-state index contributed by atoms with van der Waals surface area (Å²) < 4.78 is 6.30. The molecule has 0 amide bonds. The Bertz CT molecular complexity index is 594. The van der Waals surface area contributed by atoms with Crippen molar-refractivity contribution in [3.63, 3.8) is 0 Å². The largest absolute Gasteiger partial charge is 0.495 e. The Morgan fingerprint density at radius 2 is 2.05 bits per heavy atom. The number of thioether (sulfide) groups is 1. The van der Waals surface area contributed by atoms with Gasteiger partial charge in [0, 0.05) is 21.2 Å². The summed E-state index contributed by atoms with van der Waals surface area (Å²) >= 11 is 11.3. The van der Waals surface area contributed by atoms with Gasteiger partial charge in [0.2, 0.25) is 0 Å². The van der Waals surface area contributed by atoms with Gasteiger partial charge in [-0.15, -0.1) is 11.8 Å². The van der Waals surface area contributed by atoms with Gasteiger partial charge in [0.05, 0.1) is 12.1 Å². The van der Waals surface area contributed by atoms with Crippen LogP contribution in [0.4, 0.5) is 0 Å². The first-order chi connectivity index (χ1) is 9.61. The average Bonchev–Trinajstić information content (AvgIpc) is 2.46. The third-order valence-corrected chi connectivity index (χ3v) is 5.32. The second-order valence-electron chi connectivity index (χ2n) is 4.24. The number of rotatable bonds is 5. The van der Waals surface area contributed by atoms with E-state index in [0.717, 1.165) is 15.8 Å². The van der Waals surface area contributed by atoms with Crippen LogP contribution in [0.1, 0.15) is 11.6 Å². The van der Waals surface area contributed by atoms with Crippen LogP contribution in [0.15, 0.2) is 51.8 Å². The number of hydrogen-bond acceptors (Lipinski definition) is 3. The van der Waals surface area contributed by atoms with Crippen molar-refractivity contribution in [2.45, 2.75) is 10.9 Å². The molecule has 0 spiro atoms. The van der Waals surface area contributed by atoms with Crippen LogP contribution in [0, 0.1) is 0 Å². The monoisotopic (exact) mass is 371 g/mol. The summed E-state index contributed by atoms with van der Waals surface area (Å²) in [5, 5.41) is 0.599. The fourth-order valence-electron chi connectivity index (χ4n) is 1.74. The summed E-state index contributed by atoms with van der Waals surface area (Å²) in [5.74, 6) is 1.44. The standard InChI is InChI=1S/C15H15BrClNOS/c1-19-14-8-10(6-7-12(14)17)13(18)9-20-15-5-3-2-4-11(15)16/h2-8,13H,9,18H2,1H3. The van der Waals surface area contributed by atoms with Gasteiger partial charge in [-0.05, 0) is 45.8 Å². The minimum atomic E-state index is -0.0710. The van der Waals surface area contributed by atoms with Crippen molar-refractivity contribution < 1.29 is 4.74 Å². The highest BCUT2D eigenvalue weighted by Gasteiger charge is 2.10. The van der Waals surface area contributed by atoms with Crippen LogP contribution in [0.25, 0.3) is 0 Å². The number of methoxy groups -OCH3 is 1. The normalized spacial score (nSPS) is 12.2. The van der Waals surface area contributed by atoms with E-state index in [1.54, 1.807) is 18.9 Å². The Morgan fingerprint density at radius 1 is 1.30 bits per heavy atom. The van der Waals surface area contributed by atoms with Crippen LogP contribution in [0.2, 0.25) is 5.02 Å². The minimum absolute atomic E-state index is 0.0710. The van der Waals surface area contributed by atoms with E-state index >= 15 is 0 Å². The number of nitrogens with two attached hydrogens (primary N) is 1. The second kappa shape index (κ2) is 7.36. The Hall–Kier alpha value is -0.680. The van der Waals surface area contributed by atoms with Gasteiger partial charge in [0.1, 0.15) is 5.75 Å². The highest BCUT2D eigenvalue weighted by molar-refractivity contribution is 9.10. The van der Waals surface area contributed by atoms with E-state index in [0.29, 0.717) is 10.8 Å². The van der Waals surface area contributed by atoms with Crippen molar-refractivity contribution in [1.82, 2.24) is 0 Å². The van der Waals surface area contributed by atoms with Gasteiger partial charge in [0.15, 0.2) is 0 Å². The lowest BCUT2D eigenvalue weighted by molar-refractivity contribution is 0.414. The molecule has 0 bridgehead atoms. The highest BCUT2D eigenvalue weighted by atomic mass is 79.9. The molecule has 0 aromatic heterocycles. The predicted octanol–water partition coefficient (Wildman–Crippen LogP) is 4.90. The summed E-state index contributed by atoms with van der Waals surface area (Å²) in [4.78, 5) is 1.18. The number of benzene rings is 2. The lowest BCUT2D eigenvalue weighted by Crippen LogP contribution is -2.13. The molecule has 2 nitrogen and oxygen atoms in total. The maximum atomic E-state index is 6.23. The lowest BCUT2D eigenvalue weighted by Gasteiger charge is -2.14. The quantitative estimate of drug-likeness (QED) is 0.758. The molecule has 2 aromatic carbocycles. The first-order valence-electron chi connectivity index (χ1n) is 6.08. The van der Waals surface area contributed by atoms with Crippen LogP contribution in [0.3, 0.4) is 0 Å². The second-order valence-corrected chi connectivity index (χ2v) is 6.57. The molecule has 0 radical (unpaired) electrons. The zero-order chi connectivity index (χ0) is 14.5. The van der Waals surface area contributed by atoms with E-state index in [2.05, 4.69) is 22.0 Å². The number of ether oxygens (including phenoxy) is 1. The van der Waals surface area contributed by atoms with Crippen LogP contribution < -0.4 is 10.5 Å². The number of hydrogen-bond donors (Lipinski definition) is 1. The van der Waals surface area contributed by atoms with Crippen molar-refractivity contribution in [1.29, 1.82) is 0 Å². The molecular weight excluding hydrogens is 358 g/mol. The van der Waals surface area contributed by atoms with E-state index < -0.39 is 0 Å². The molecule has 20 heavy (non-hydrogen) atoms. The summed E-state index contributed by atoms with van der Waals surface area (Å²) in [6.45, 7) is 0. The Morgan fingerprint density at radius 3 is 2.75 bits per heavy atom. The SMILES string of the molecule is COc1cc(C(N)CSc2ccccc2Br)ccc1Cl. The van der Waals surface area contributed by atoms with E-state index in [9.17, 15) is 0 Å². The first kappa shape index (κ1) is 15.7. The molecule has 0 aliphatic carbocycles. The van der Waals surface area contributed by atoms with Crippen LogP contribution in [-0.4, -0.2) is 12.9 Å². The molecule has 2 aromatic rings. The summed E-state index contributed by atoms with van der Waals surface area (Å²) in [7, 11) is 1.60. The molecule has 5 heteroatoms. The fraction of sp³-hybridized carbons (Fsp3) is 0.200. The van der Waals surface area contributed by atoms with E-state index in [-0.39, 0.29) is 6.04 Å². The minimum Gasteiger partial charge on any atom is -0.495 e. The third-order valence-electron chi connectivity index (χ3n) is 2.86. The molecule has 2 rings (SSSR count). The molecule has 106 valence electrons. The number of halogens is 2. The summed E-state index contributed by atoms with van der Waals surface area (Å²) in [6, 6.07) is 13.7. The van der Waals surface area contributed by atoms with E-state index in [4.69, 9.17) is 22.1 Å². The van der Waals surface area contributed by atoms with E-state index in [1.165, 1.54) is 4.90 Å². The molecule has 0 aliphatic heterocycles. The topological polar surface area (TPSA) is 35.2 Å². The zero-order valence-electron chi connectivity index (χ0n) is 11.0. The van der Waals surface area contributed by atoms with E-state index in [1.807, 2.05) is 36.4 Å². The molecule has 2 N–H and O–H groups in total. The maximum absolute atomic E-state index is 6.23. The molecular formula is C15H15BrClNOS. The average molecular weight is 373 g/mol. The predicted molar refractivity (Wildman–Crippen MR) is 89.8 cm³/mol. The molecule has 0 fully saturated rings. The first-order valence-corrected chi connectivity index (χ1v) is 8.24. The van der Waals surface area contributed by atoms with Gasteiger partial charge < -0.3 is 10.5 Å². The third kappa shape index (κ3) is 3.92. The molecule has 0 aliphatic rings. The molecule has 0 saturated heterocycles. The van der Waals surface area contributed by atoms with Crippen molar-refractivity contribution in [3.05, 3.63) is 57.5 Å².